The molecule has 0 aliphatic rings. The number of amides is 2. The van der Waals surface area contributed by atoms with Gasteiger partial charge in [0.1, 0.15) is 0 Å². The van der Waals surface area contributed by atoms with Gasteiger partial charge in [0.15, 0.2) is 6.10 Å². The molecule has 0 spiro atoms. The van der Waals surface area contributed by atoms with Gasteiger partial charge in [-0.3, -0.25) is 19.2 Å². The van der Waals surface area contributed by atoms with Crippen LogP contribution >= 0.6 is 79.4 Å². The molecule has 0 aromatic heterocycles. The highest BCUT2D eigenvalue weighted by atomic mass is 127. The molecule has 2 amide bonds. The third-order valence-corrected chi connectivity index (χ3v) is 7.29. The van der Waals surface area contributed by atoms with Gasteiger partial charge in [0.05, 0.1) is 49.3 Å². The number of anilines is 1. The molecule has 3 atom stereocenters. The van der Waals surface area contributed by atoms with Crippen LogP contribution in [0.2, 0.25) is 0 Å². The smallest absolute Gasteiger partial charge is 0.303 e. The Hall–Kier alpha value is -0.340. The predicted molar refractivity (Wildman–Crippen MR) is 136 cm³/mol. The van der Waals surface area contributed by atoms with Crippen LogP contribution < -0.4 is 10.6 Å². The van der Waals surface area contributed by atoms with Crippen molar-refractivity contribution in [2.24, 2.45) is 0 Å². The lowest BCUT2D eigenvalue weighted by atomic mass is 10.1. The minimum atomic E-state index is -1.42. The number of esters is 1. The first-order valence-electron chi connectivity index (χ1n) is 8.46. The van der Waals surface area contributed by atoms with Gasteiger partial charge >= 0.3 is 5.97 Å². The summed E-state index contributed by atoms with van der Waals surface area (Å²) in [6.45, 7) is 1.14. The van der Waals surface area contributed by atoms with Crippen molar-refractivity contribution in [3.63, 3.8) is 0 Å². The van der Waals surface area contributed by atoms with Crippen LogP contribution in [-0.4, -0.2) is 69.8 Å². The Balaban J connectivity index is 3.52. The number of aliphatic hydroxyl groups is 3. The summed E-state index contributed by atoms with van der Waals surface area (Å²) in [5.74, 6) is -2.14. The van der Waals surface area contributed by atoms with E-state index in [0.29, 0.717) is 0 Å². The van der Waals surface area contributed by atoms with Gasteiger partial charge in [-0.05, 0) is 86.3 Å². The summed E-state index contributed by atoms with van der Waals surface area (Å²) in [5.41, 5.74) is 0.0276. The second-order valence-corrected chi connectivity index (χ2v) is 9.67. The van der Waals surface area contributed by atoms with Crippen molar-refractivity contribution in [2.75, 3.05) is 18.5 Å². The van der Waals surface area contributed by atoms with Gasteiger partial charge in [0, 0.05) is 10.5 Å². The molecular formula is C17H18ClI3N2O8. The average molecular weight is 795 g/mol. The van der Waals surface area contributed by atoms with E-state index in [-0.39, 0.29) is 27.5 Å². The molecule has 3 unspecified atom stereocenters. The maximum absolute atomic E-state index is 12.9. The summed E-state index contributed by atoms with van der Waals surface area (Å²) in [5, 5.41) is 32.3. The number of benzene rings is 1. The highest BCUT2D eigenvalue weighted by Gasteiger charge is 2.30. The number of ether oxygens (including phenoxy) is 1. The van der Waals surface area contributed by atoms with Gasteiger partial charge in [0.25, 0.3) is 17.1 Å². The Morgan fingerprint density at radius 1 is 1.03 bits per heavy atom. The first-order chi connectivity index (χ1) is 14.4. The molecule has 1 rings (SSSR count). The largest absolute Gasteiger partial charge is 0.453 e. The first kappa shape index (κ1) is 28.7. The maximum atomic E-state index is 12.9. The van der Waals surface area contributed by atoms with E-state index in [4.69, 9.17) is 21.4 Å². The molecule has 1 aromatic rings. The fraction of sp³-hybridized carbons (Fsp3) is 0.412. The van der Waals surface area contributed by atoms with Gasteiger partial charge in [-0.1, -0.05) is 0 Å². The number of rotatable bonds is 9. The normalized spacial score (nSPS) is 13.7. The van der Waals surface area contributed by atoms with Crippen molar-refractivity contribution in [2.45, 2.75) is 32.1 Å². The van der Waals surface area contributed by atoms with E-state index in [1.165, 1.54) is 6.92 Å². The lowest BCUT2D eigenvalue weighted by molar-refractivity contribution is -0.150. The Labute approximate surface area is 223 Å². The van der Waals surface area contributed by atoms with Crippen LogP contribution in [-0.2, 0) is 14.3 Å². The number of hydrogen-bond acceptors (Lipinski definition) is 8. The van der Waals surface area contributed by atoms with Gasteiger partial charge in [-0.2, -0.15) is 0 Å². The zero-order valence-electron chi connectivity index (χ0n) is 16.0. The Kier molecular flexibility index (Phi) is 11.8. The molecule has 0 fully saturated rings. The monoisotopic (exact) mass is 794 g/mol. The Morgan fingerprint density at radius 2 is 1.58 bits per heavy atom. The number of nitrogens with one attached hydrogen (secondary N) is 2. The molecule has 1 aromatic carbocycles. The Bertz CT molecular complexity index is 899. The molecule has 10 nitrogen and oxygen atoms in total. The topological polar surface area (TPSA) is 162 Å². The zero-order chi connectivity index (χ0) is 24.0. The molecule has 0 aliphatic carbocycles. The quantitative estimate of drug-likeness (QED) is 0.142. The molecule has 172 valence electrons. The fourth-order valence-corrected chi connectivity index (χ4v) is 7.23. The molecule has 0 saturated carbocycles. The highest BCUT2D eigenvalue weighted by molar-refractivity contribution is 14.1. The van der Waals surface area contributed by atoms with Crippen LogP contribution in [0.25, 0.3) is 0 Å². The molecule has 5 N–H and O–H groups in total. The number of hydrogen-bond donors (Lipinski definition) is 5. The van der Waals surface area contributed by atoms with Crippen LogP contribution in [0.15, 0.2) is 0 Å². The van der Waals surface area contributed by atoms with Gasteiger partial charge in [0.2, 0.25) is 0 Å². The van der Waals surface area contributed by atoms with E-state index in [1.807, 2.05) is 0 Å². The molecule has 0 bridgehead atoms. The summed E-state index contributed by atoms with van der Waals surface area (Å²) in [6.07, 6.45) is -2.57. The second-order valence-electron chi connectivity index (χ2n) is 6.09. The molecule has 0 heterocycles. The maximum Gasteiger partial charge on any atom is 0.303 e. The molecule has 31 heavy (non-hydrogen) atoms. The molecule has 0 aliphatic heterocycles. The van der Waals surface area contributed by atoms with Crippen LogP contribution in [0.1, 0.15) is 34.6 Å². The summed E-state index contributed by atoms with van der Waals surface area (Å²) in [4.78, 5) is 48.5. The van der Waals surface area contributed by atoms with Crippen LogP contribution in [0, 0.1) is 10.7 Å². The van der Waals surface area contributed by atoms with E-state index >= 15 is 0 Å². The van der Waals surface area contributed by atoms with Crippen molar-refractivity contribution < 1.29 is 39.2 Å². The minimum Gasteiger partial charge on any atom is -0.453 e. The summed E-state index contributed by atoms with van der Waals surface area (Å²) < 4.78 is 5.53. The van der Waals surface area contributed by atoms with E-state index in [9.17, 15) is 29.4 Å². The van der Waals surface area contributed by atoms with Crippen molar-refractivity contribution >= 4 is 108 Å². The first-order valence-corrected chi connectivity index (χ1v) is 12.1. The van der Waals surface area contributed by atoms with E-state index in [2.05, 4.69) is 10.6 Å². The van der Waals surface area contributed by atoms with E-state index in [0.717, 1.165) is 6.92 Å². The number of aliphatic hydroxyl groups excluding tert-OH is 3. The van der Waals surface area contributed by atoms with Crippen molar-refractivity contribution in [1.82, 2.24) is 5.32 Å². The summed E-state index contributed by atoms with van der Waals surface area (Å²) >= 11 is 11.1. The summed E-state index contributed by atoms with van der Waals surface area (Å²) in [6, 6.07) is -1.18. The number of carbonyl (C=O) groups excluding carboxylic acids is 4. The number of carbonyl (C=O) groups is 4. The van der Waals surface area contributed by atoms with E-state index < -0.39 is 54.5 Å². The van der Waals surface area contributed by atoms with Crippen LogP contribution in [0.3, 0.4) is 0 Å². The highest BCUT2D eigenvalue weighted by Crippen LogP contribution is 2.36. The minimum absolute atomic E-state index is 0.0351. The predicted octanol–water partition coefficient (Wildman–Crippen LogP) is 1.21. The van der Waals surface area contributed by atoms with Gasteiger partial charge in [-0.15, -0.1) is 0 Å². The average Bonchev–Trinajstić information content (AvgIpc) is 2.67. The van der Waals surface area contributed by atoms with Gasteiger partial charge < -0.3 is 30.7 Å². The summed E-state index contributed by atoms with van der Waals surface area (Å²) in [7, 11) is 0. The molecule has 14 heteroatoms. The van der Waals surface area contributed by atoms with Crippen molar-refractivity contribution in [3.8, 4) is 0 Å². The number of halogens is 4. The lowest BCUT2D eigenvalue weighted by Gasteiger charge is -2.23. The van der Waals surface area contributed by atoms with Crippen LogP contribution in [0.5, 0.6) is 0 Å². The van der Waals surface area contributed by atoms with Gasteiger partial charge in [-0.25, -0.2) is 0 Å². The molecule has 0 saturated heterocycles. The van der Waals surface area contributed by atoms with Crippen LogP contribution in [0.4, 0.5) is 5.69 Å². The Morgan fingerprint density at radius 3 is 2.03 bits per heavy atom. The molecule has 0 radical (unpaired) electrons. The molecular weight excluding hydrogens is 776 g/mol. The third-order valence-electron chi connectivity index (χ3n) is 3.87. The van der Waals surface area contributed by atoms with Crippen molar-refractivity contribution in [3.05, 3.63) is 21.8 Å². The SMILES string of the molecule is CC(=O)OC(C)C(=O)Nc1c(I)c(C(=O)Cl)c(I)c(C(=O)NC(CO)C(O)CO)c1I. The zero-order valence-corrected chi connectivity index (χ0v) is 23.3. The van der Waals surface area contributed by atoms with Crippen molar-refractivity contribution in [1.29, 1.82) is 0 Å². The third kappa shape index (κ3) is 7.32. The van der Waals surface area contributed by atoms with E-state index in [1.54, 1.807) is 67.8 Å². The second kappa shape index (κ2) is 12.8. The fourth-order valence-electron chi connectivity index (χ4n) is 2.30. The lowest BCUT2D eigenvalue weighted by Crippen LogP contribution is -2.47. The standard InChI is InChI=1S/C17H18ClI3N2O8/c1-5(31-6(2)26)16(29)23-14-12(20)9(15(18)28)11(19)10(13(14)21)17(30)22-7(3-24)8(27)4-25/h5,7-8,24-25,27H,3-4H2,1-2H3,(H,22,30)(H,23,29).